The molecule has 1 rings (SSSR count). The second-order valence-corrected chi connectivity index (χ2v) is 10.3. The molecule has 0 radical (unpaired) electrons. The van der Waals surface area contributed by atoms with E-state index in [9.17, 15) is 24.0 Å². The Balaban J connectivity index is 2.88. The molecule has 1 saturated heterocycles. The third-order valence-electron chi connectivity index (χ3n) is 4.56. The Hall–Kier alpha value is -2.69. The van der Waals surface area contributed by atoms with Crippen LogP contribution in [0.2, 0.25) is 0 Å². The fraction of sp³-hybridized carbons (Fsp3) is 0.773. The zero-order valence-electron chi connectivity index (χ0n) is 20.6. The Morgan fingerprint density at radius 1 is 1.00 bits per heavy atom. The number of ketones is 1. The molecule has 0 aromatic carbocycles. The van der Waals surface area contributed by atoms with Crippen LogP contribution in [0, 0.1) is 17.3 Å². The molecule has 188 valence electrons. The zero-order chi connectivity index (χ0) is 25.3. The zero-order valence-corrected chi connectivity index (χ0v) is 20.6. The Bertz CT molecular complexity index is 731. The highest BCUT2D eigenvalue weighted by Crippen LogP contribution is 2.14. The molecule has 1 aliphatic rings. The van der Waals surface area contributed by atoms with E-state index in [-0.39, 0.29) is 36.9 Å². The quantitative estimate of drug-likeness (QED) is 0.345. The van der Waals surface area contributed by atoms with Gasteiger partial charge in [-0.25, -0.2) is 10.3 Å². The van der Waals surface area contributed by atoms with Crippen LogP contribution in [0.25, 0.3) is 0 Å². The van der Waals surface area contributed by atoms with E-state index in [1.54, 1.807) is 0 Å². The molecule has 0 aliphatic carbocycles. The molecule has 0 aromatic heterocycles. The van der Waals surface area contributed by atoms with Gasteiger partial charge in [0, 0.05) is 0 Å². The van der Waals surface area contributed by atoms with Gasteiger partial charge >= 0.3 is 12.0 Å². The van der Waals surface area contributed by atoms with Crippen molar-refractivity contribution in [3.63, 3.8) is 0 Å². The third-order valence-corrected chi connectivity index (χ3v) is 4.56. The number of ether oxygens (including phenoxy) is 1. The molecule has 1 heterocycles. The molecule has 0 spiro atoms. The fourth-order valence-corrected chi connectivity index (χ4v) is 3.00. The molecule has 0 saturated carbocycles. The van der Waals surface area contributed by atoms with Gasteiger partial charge < -0.3 is 20.7 Å². The summed E-state index contributed by atoms with van der Waals surface area (Å²) in [5, 5.41) is 7.72. The van der Waals surface area contributed by atoms with E-state index in [2.05, 4.69) is 16.0 Å². The Morgan fingerprint density at radius 2 is 1.55 bits per heavy atom. The summed E-state index contributed by atoms with van der Waals surface area (Å²) in [5.41, 5.74) is 1.71. The molecule has 3 atom stereocenters. The number of hydrogen-bond donors (Lipinski definition) is 4. The predicted octanol–water partition coefficient (Wildman–Crippen LogP) is 0.820. The maximum absolute atomic E-state index is 13.0. The van der Waals surface area contributed by atoms with Crippen LogP contribution in [0.15, 0.2) is 0 Å². The lowest BCUT2D eigenvalue weighted by Crippen LogP contribution is -2.60. The maximum atomic E-state index is 13.0. The number of carbonyl (C=O) groups excluding carboxylic acids is 5. The average Bonchev–Trinajstić information content (AvgIpc) is 2.67. The standard InChI is InChI=1S/C22H38N4O7/c1-12(2)8-14(18(28)24-16-10-33-26-20(30)17(16)27)23-19(29)15(9-13(3)4)25-21(31)32-11-22(5,6)7/h12-16H,8-11H2,1-7H3,(H,23,29)(H,24,28)(H,25,31)(H,26,30). The highest BCUT2D eigenvalue weighted by atomic mass is 16.7. The van der Waals surface area contributed by atoms with Gasteiger partial charge in [0.2, 0.25) is 17.6 Å². The molecular weight excluding hydrogens is 432 g/mol. The number of amides is 4. The first kappa shape index (κ1) is 28.3. The summed E-state index contributed by atoms with van der Waals surface area (Å²) in [6, 6.07) is -3.03. The first-order valence-corrected chi connectivity index (χ1v) is 11.2. The number of hydrogen-bond acceptors (Lipinski definition) is 7. The highest BCUT2D eigenvalue weighted by Gasteiger charge is 2.35. The second kappa shape index (κ2) is 12.5. The first-order valence-electron chi connectivity index (χ1n) is 11.2. The van der Waals surface area contributed by atoms with E-state index in [4.69, 9.17) is 9.57 Å². The van der Waals surface area contributed by atoms with Crippen LogP contribution in [0.1, 0.15) is 61.3 Å². The second-order valence-electron chi connectivity index (χ2n) is 10.3. The Labute approximate surface area is 195 Å². The normalized spacial score (nSPS) is 18.4. The molecule has 11 heteroatoms. The number of nitrogens with one attached hydrogen (secondary N) is 4. The number of carbonyl (C=O) groups is 5. The number of rotatable bonds is 10. The van der Waals surface area contributed by atoms with Crippen molar-refractivity contribution in [3.8, 4) is 0 Å². The molecular formula is C22H38N4O7. The first-order chi connectivity index (χ1) is 15.2. The minimum absolute atomic E-state index is 0.0379. The summed E-state index contributed by atoms with van der Waals surface area (Å²) in [5.74, 6) is -2.82. The van der Waals surface area contributed by atoms with Gasteiger partial charge in [-0.1, -0.05) is 48.5 Å². The van der Waals surface area contributed by atoms with E-state index < -0.39 is 47.7 Å². The summed E-state index contributed by atoms with van der Waals surface area (Å²) >= 11 is 0. The van der Waals surface area contributed by atoms with E-state index in [0.29, 0.717) is 6.42 Å². The molecule has 33 heavy (non-hydrogen) atoms. The van der Waals surface area contributed by atoms with Gasteiger partial charge in [0.1, 0.15) is 24.7 Å². The maximum Gasteiger partial charge on any atom is 0.407 e. The largest absolute Gasteiger partial charge is 0.449 e. The van der Waals surface area contributed by atoms with Crippen molar-refractivity contribution in [3.05, 3.63) is 0 Å². The lowest BCUT2D eigenvalue weighted by atomic mass is 9.99. The van der Waals surface area contributed by atoms with Crippen molar-refractivity contribution < 1.29 is 33.5 Å². The Morgan fingerprint density at radius 3 is 2.06 bits per heavy atom. The van der Waals surface area contributed by atoms with Crippen molar-refractivity contribution in [2.75, 3.05) is 13.2 Å². The van der Waals surface area contributed by atoms with Crippen LogP contribution in [0.3, 0.4) is 0 Å². The van der Waals surface area contributed by atoms with Gasteiger partial charge in [-0.15, -0.1) is 0 Å². The van der Waals surface area contributed by atoms with Crippen LogP contribution in [0.5, 0.6) is 0 Å². The summed E-state index contributed by atoms with van der Waals surface area (Å²) < 4.78 is 5.21. The van der Waals surface area contributed by atoms with Crippen molar-refractivity contribution in [1.82, 2.24) is 21.4 Å². The lowest BCUT2D eigenvalue weighted by Gasteiger charge is -2.27. The van der Waals surface area contributed by atoms with Crippen molar-refractivity contribution in [2.24, 2.45) is 17.3 Å². The van der Waals surface area contributed by atoms with E-state index in [0.717, 1.165) is 0 Å². The molecule has 0 aromatic rings. The number of hydroxylamine groups is 1. The van der Waals surface area contributed by atoms with Crippen molar-refractivity contribution in [1.29, 1.82) is 0 Å². The van der Waals surface area contributed by atoms with Crippen LogP contribution in [-0.2, 0) is 28.8 Å². The van der Waals surface area contributed by atoms with Crippen LogP contribution in [-0.4, -0.2) is 60.9 Å². The topological polar surface area (TPSA) is 152 Å². The smallest absolute Gasteiger partial charge is 0.407 e. The van der Waals surface area contributed by atoms with E-state index >= 15 is 0 Å². The van der Waals surface area contributed by atoms with Crippen molar-refractivity contribution >= 4 is 29.6 Å². The molecule has 0 bridgehead atoms. The lowest BCUT2D eigenvalue weighted by molar-refractivity contribution is -0.156. The molecule has 1 aliphatic heterocycles. The van der Waals surface area contributed by atoms with Crippen LogP contribution >= 0.6 is 0 Å². The predicted molar refractivity (Wildman–Crippen MR) is 120 cm³/mol. The van der Waals surface area contributed by atoms with Crippen molar-refractivity contribution in [2.45, 2.75) is 79.4 Å². The van der Waals surface area contributed by atoms with E-state index in [1.165, 1.54) is 0 Å². The molecule has 3 unspecified atom stereocenters. The van der Waals surface area contributed by atoms with Gasteiger partial charge in [0.25, 0.3) is 0 Å². The molecule has 4 amide bonds. The number of alkyl carbamates (subject to hydrolysis) is 1. The summed E-state index contributed by atoms with van der Waals surface area (Å²) in [7, 11) is 0. The average molecular weight is 471 g/mol. The van der Waals surface area contributed by atoms with Crippen LogP contribution in [0.4, 0.5) is 4.79 Å². The molecule has 11 nitrogen and oxygen atoms in total. The Kier molecular flexibility index (Phi) is 10.8. The monoisotopic (exact) mass is 470 g/mol. The minimum Gasteiger partial charge on any atom is -0.449 e. The molecule has 4 N–H and O–H groups in total. The summed E-state index contributed by atoms with van der Waals surface area (Å²) in [6.45, 7) is 13.3. The van der Waals surface area contributed by atoms with Crippen LogP contribution < -0.4 is 21.4 Å². The van der Waals surface area contributed by atoms with Gasteiger partial charge in [-0.3, -0.25) is 24.0 Å². The van der Waals surface area contributed by atoms with Gasteiger partial charge in [0.15, 0.2) is 0 Å². The van der Waals surface area contributed by atoms with Gasteiger partial charge in [0.05, 0.1) is 6.61 Å². The van der Waals surface area contributed by atoms with Gasteiger partial charge in [-0.2, -0.15) is 0 Å². The van der Waals surface area contributed by atoms with Gasteiger partial charge in [-0.05, 0) is 30.1 Å². The fourth-order valence-electron chi connectivity index (χ4n) is 3.00. The summed E-state index contributed by atoms with van der Waals surface area (Å²) in [6.07, 6.45) is -0.0951. The highest BCUT2D eigenvalue weighted by molar-refractivity contribution is 6.38. The molecule has 1 fully saturated rings. The number of Topliss-reactive ketones (excluding diaryl/α,β-unsaturated/α-hetero) is 1. The minimum atomic E-state index is -1.14. The van der Waals surface area contributed by atoms with E-state index in [1.807, 2.05) is 53.9 Å². The summed E-state index contributed by atoms with van der Waals surface area (Å²) in [4.78, 5) is 66.3. The SMILES string of the molecule is CC(C)CC(NC(=O)OCC(C)(C)C)C(=O)NC(CC(C)C)C(=O)NC1CONC(=O)C1=O. The third kappa shape index (κ3) is 10.6.